The number of carbonyl (C=O) groups excluding carboxylic acids is 1. The molecule has 1 unspecified atom stereocenters. The predicted octanol–water partition coefficient (Wildman–Crippen LogP) is 1.67. The van der Waals surface area contributed by atoms with E-state index in [1.807, 2.05) is 0 Å². The van der Waals surface area contributed by atoms with Gasteiger partial charge in [-0.25, -0.2) is 4.98 Å². The first-order chi connectivity index (χ1) is 12.5. The highest BCUT2D eigenvalue weighted by atomic mass is 35.5. The van der Waals surface area contributed by atoms with Crippen LogP contribution in [0.25, 0.3) is 11.0 Å². The second-order valence-corrected chi connectivity index (χ2v) is 6.27. The molecule has 2 N–H and O–H groups in total. The molecular formula is C17H18ClN5O3. The van der Waals surface area contributed by atoms with Crippen LogP contribution in [-0.4, -0.2) is 31.8 Å². The average molecular weight is 376 g/mol. The van der Waals surface area contributed by atoms with Gasteiger partial charge in [0.1, 0.15) is 23.5 Å². The number of fused-ring (bicyclic) bond motifs is 1. The molecule has 2 aromatic heterocycles. The quantitative estimate of drug-likeness (QED) is 0.632. The van der Waals surface area contributed by atoms with Crippen molar-refractivity contribution in [3.63, 3.8) is 0 Å². The molecule has 2 heterocycles. The van der Waals surface area contributed by atoms with E-state index in [1.165, 1.54) is 21.8 Å². The molecule has 1 aromatic carbocycles. The number of benzene rings is 1. The minimum atomic E-state index is -0.803. The number of primary amides is 1. The van der Waals surface area contributed by atoms with E-state index in [1.54, 1.807) is 31.3 Å². The molecule has 3 aromatic rings. The zero-order valence-electron chi connectivity index (χ0n) is 14.1. The number of aromatic nitrogens is 4. The van der Waals surface area contributed by atoms with Crippen LogP contribution in [0.5, 0.6) is 5.75 Å². The number of nitrogens with two attached hydrogens (primary N) is 1. The first-order valence-electron chi connectivity index (χ1n) is 8.04. The molecule has 0 spiro atoms. The van der Waals surface area contributed by atoms with Gasteiger partial charge in [-0.15, -0.1) is 0 Å². The van der Waals surface area contributed by atoms with Gasteiger partial charge in [-0.2, -0.15) is 5.10 Å². The van der Waals surface area contributed by atoms with Gasteiger partial charge in [-0.05, 0) is 31.0 Å². The third kappa shape index (κ3) is 3.70. The van der Waals surface area contributed by atoms with Crippen LogP contribution in [0.3, 0.4) is 0 Å². The molecule has 26 heavy (non-hydrogen) atoms. The highest BCUT2D eigenvalue weighted by molar-refractivity contribution is 6.30. The van der Waals surface area contributed by atoms with E-state index >= 15 is 0 Å². The van der Waals surface area contributed by atoms with Crippen molar-refractivity contribution < 1.29 is 9.53 Å². The molecule has 0 aliphatic rings. The number of nitrogens with zero attached hydrogens (tertiary/aromatic N) is 4. The van der Waals surface area contributed by atoms with E-state index < -0.39 is 11.9 Å². The Morgan fingerprint density at radius 1 is 1.42 bits per heavy atom. The summed E-state index contributed by atoms with van der Waals surface area (Å²) in [6.45, 7) is 0.363. The van der Waals surface area contributed by atoms with Gasteiger partial charge in [0.25, 0.3) is 5.56 Å². The van der Waals surface area contributed by atoms with Gasteiger partial charge < -0.3 is 10.5 Å². The topological polar surface area (TPSA) is 105 Å². The van der Waals surface area contributed by atoms with Gasteiger partial charge in [-0.1, -0.05) is 17.7 Å². The van der Waals surface area contributed by atoms with Crippen molar-refractivity contribution in [3.05, 3.63) is 52.2 Å². The molecule has 3 rings (SSSR count). The van der Waals surface area contributed by atoms with Gasteiger partial charge in [0.05, 0.1) is 12.8 Å². The Bertz CT molecular complexity index is 997. The zero-order valence-corrected chi connectivity index (χ0v) is 14.9. The summed E-state index contributed by atoms with van der Waals surface area (Å²) in [6.07, 6.45) is 3.64. The first kappa shape index (κ1) is 17.9. The van der Waals surface area contributed by atoms with Gasteiger partial charge in [0, 0.05) is 12.1 Å². The molecule has 0 saturated carbocycles. The fourth-order valence-electron chi connectivity index (χ4n) is 2.71. The van der Waals surface area contributed by atoms with Crippen molar-refractivity contribution >= 4 is 28.5 Å². The van der Waals surface area contributed by atoms with Gasteiger partial charge in [-0.3, -0.25) is 18.8 Å². The Labute approximate surface area is 154 Å². The monoisotopic (exact) mass is 375 g/mol. The second-order valence-electron chi connectivity index (χ2n) is 5.83. The van der Waals surface area contributed by atoms with Gasteiger partial charge in [0.2, 0.25) is 5.91 Å². The normalized spacial score (nSPS) is 12.2. The summed E-state index contributed by atoms with van der Waals surface area (Å²) in [5.74, 6) is 0.0450. The molecule has 0 aliphatic heterocycles. The van der Waals surface area contributed by atoms with Crippen LogP contribution < -0.4 is 16.0 Å². The minimum absolute atomic E-state index is 0.344. The van der Waals surface area contributed by atoms with Crippen LogP contribution >= 0.6 is 11.6 Å². The number of rotatable bonds is 7. The maximum Gasteiger partial charge on any atom is 0.265 e. The second kappa shape index (κ2) is 7.57. The van der Waals surface area contributed by atoms with Crippen LogP contribution in [0.1, 0.15) is 18.9 Å². The maximum atomic E-state index is 12.6. The first-order valence-corrected chi connectivity index (χ1v) is 8.41. The van der Waals surface area contributed by atoms with Crippen LogP contribution in [0.15, 0.2) is 41.6 Å². The minimum Gasteiger partial charge on any atom is -0.494 e. The third-order valence-electron chi connectivity index (χ3n) is 4.03. The maximum absolute atomic E-state index is 12.6. The lowest BCUT2D eigenvalue weighted by atomic mass is 10.1. The molecular weight excluding hydrogens is 358 g/mol. The standard InChI is InChI=1S/C17H18ClN5O3/c1-22-16-13(9-21-22)17(25)23(10-20-16)14(15(19)24)6-3-7-26-12-5-2-4-11(18)8-12/h2,4-5,8-10,14H,3,6-7H2,1H3,(H2,19,24). The number of amides is 1. The lowest BCUT2D eigenvalue weighted by molar-refractivity contribution is -0.121. The summed E-state index contributed by atoms with van der Waals surface area (Å²) in [6, 6.07) is 6.24. The number of halogens is 1. The Balaban J connectivity index is 1.71. The molecule has 0 fully saturated rings. The van der Waals surface area contributed by atoms with E-state index in [9.17, 15) is 9.59 Å². The smallest absolute Gasteiger partial charge is 0.265 e. The lowest BCUT2D eigenvalue weighted by Gasteiger charge is -2.16. The molecule has 0 saturated heterocycles. The largest absolute Gasteiger partial charge is 0.494 e. The highest BCUT2D eigenvalue weighted by Crippen LogP contribution is 2.18. The van der Waals surface area contributed by atoms with E-state index in [0.717, 1.165) is 0 Å². The molecule has 0 bridgehead atoms. The van der Waals surface area contributed by atoms with Crippen LogP contribution in [-0.2, 0) is 11.8 Å². The molecule has 9 heteroatoms. The van der Waals surface area contributed by atoms with Crippen LogP contribution in [0.4, 0.5) is 0 Å². The Kier molecular flexibility index (Phi) is 5.22. The third-order valence-corrected chi connectivity index (χ3v) is 4.26. The van der Waals surface area contributed by atoms with E-state index in [0.29, 0.717) is 41.3 Å². The predicted molar refractivity (Wildman–Crippen MR) is 97.2 cm³/mol. The SMILES string of the molecule is Cn1ncc2c(=O)n(C(CCCOc3cccc(Cl)c3)C(N)=O)cnc21. The summed E-state index contributed by atoms with van der Waals surface area (Å²) in [7, 11) is 1.69. The Hall–Kier alpha value is -2.87. The van der Waals surface area contributed by atoms with Crippen molar-refractivity contribution in [1.29, 1.82) is 0 Å². The summed E-state index contributed by atoms with van der Waals surface area (Å²) in [5, 5.41) is 4.94. The number of carbonyl (C=O) groups is 1. The fraction of sp³-hybridized carbons (Fsp3) is 0.294. The Morgan fingerprint density at radius 2 is 2.23 bits per heavy atom. The van der Waals surface area contributed by atoms with Crippen molar-refractivity contribution in [2.24, 2.45) is 12.8 Å². The van der Waals surface area contributed by atoms with Crippen molar-refractivity contribution in [1.82, 2.24) is 19.3 Å². The fourth-order valence-corrected chi connectivity index (χ4v) is 2.89. The van der Waals surface area contributed by atoms with E-state index in [2.05, 4.69) is 10.1 Å². The van der Waals surface area contributed by atoms with Crippen LogP contribution in [0, 0.1) is 0 Å². The molecule has 1 atom stereocenters. The lowest BCUT2D eigenvalue weighted by Crippen LogP contribution is -2.34. The molecule has 8 nitrogen and oxygen atoms in total. The zero-order chi connectivity index (χ0) is 18.7. The molecule has 1 amide bonds. The van der Waals surface area contributed by atoms with Gasteiger partial charge >= 0.3 is 0 Å². The Morgan fingerprint density at radius 3 is 2.96 bits per heavy atom. The van der Waals surface area contributed by atoms with Crippen molar-refractivity contribution in [3.8, 4) is 5.75 Å². The average Bonchev–Trinajstić information content (AvgIpc) is 2.98. The molecule has 0 radical (unpaired) electrons. The van der Waals surface area contributed by atoms with Crippen LogP contribution in [0.2, 0.25) is 5.02 Å². The van der Waals surface area contributed by atoms with Gasteiger partial charge in [0.15, 0.2) is 5.65 Å². The number of hydrogen-bond donors (Lipinski definition) is 1. The summed E-state index contributed by atoms with van der Waals surface area (Å²) < 4.78 is 8.36. The summed E-state index contributed by atoms with van der Waals surface area (Å²) in [5.41, 5.74) is 5.61. The molecule has 0 aliphatic carbocycles. The highest BCUT2D eigenvalue weighted by Gasteiger charge is 2.20. The van der Waals surface area contributed by atoms with E-state index in [4.69, 9.17) is 22.1 Å². The number of ether oxygens (including phenoxy) is 1. The number of hydrogen-bond acceptors (Lipinski definition) is 5. The summed E-state index contributed by atoms with van der Waals surface area (Å²) in [4.78, 5) is 28.7. The van der Waals surface area contributed by atoms with Crippen molar-refractivity contribution in [2.75, 3.05) is 6.61 Å². The molecule has 136 valence electrons. The number of aryl methyl sites for hydroxylation is 1. The van der Waals surface area contributed by atoms with E-state index in [-0.39, 0.29) is 5.56 Å². The van der Waals surface area contributed by atoms with Crippen molar-refractivity contribution in [2.45, 2.75) is 18.9 Å². The summed E-state index contributed by atoms with van der Waals surface area (Å²) >= 11 is 5.90.